The summed E-state index contributed by atoms with van der Waals surface area (Å²) in [7, 11) is 0. The maximum absolute atomic E-state index is 15.2. The molecule has 0 heterocycles. The van der Waals surface area contributed by atoms with Gasteiger partial charge in [-0.15, -0.1) is 0 Å². The first-order valence-electron chi connectivity index (χ1n) is 9.30. The molecule has 0 aromatic carbocycles. The van der Waals surface area contributed by atoms with Gasteiger partial charge in [0.25, 0.3) is 0 Å². The Hall–Kier alpha value is -0.500. The van der Waals surface area contributed by atoms with E-state index in [2.05, 4.69) is 0 Å². The van der Waals surface area contributed by atoms with Crippen LogP contribution in [-0.2, 0) is 4.74 Å². The zero-order chi connectivity index (χ0) is 19.3. The molecular formula is C18H24F6O2. The van der Waals surface area contributed by atoms with Crippen LogP contribution in [0.3, 0.4) is 0 Å². The molecule has 2 nitrogen and oxygen atoms in total. The summed E-state index contributed by atoms with van der Waals surface area (Å²) in [5, 5.41) is 10.2. The van der Waals surface area contributed by atoms with Gasteiger partial charge in [-0.1, -0.05) is 6.92 Å². The van der Waals surface area contributed by atoms with E-state index in [1.54, 1.807) is 0 Å². The van der Waals surface area contributed by atoms with Gasteiger partial charge in [-0.2, -0.15) is 26.3 Å². The number of hydrogen-bond acceptors (Lipinski definition) is 2. The lowest BCUT2D eigenvalue weighted by atomic mass is 9.49. The molecule has 0 saturated heterocycles. The van der Waals surface area contributed by atoms with E-state index in [0.29, 0.717) is 0 Å². The van der Waals surface area contributed by atoms with Gasteiger partial charge >= 0.3 is 18.0 Å². The number of aliphatic hydroxyl groups is 1. The molecule has 0 aromatic heterocycles. The standard InChI is InChI=1S/C18H24F6O2/c1-12-2-10-15(11-3-12,17(21,22)16(12,19)20)18(23,24)26-14-7-4-13(25,5-8-14)6-9-14/h25H,2-11H2,1H3. The van der Waals surface area contributed by atoms with Gasteiger partial charge in [0, 0.05) is 5.41 Å². The van der Waals surface area contributed by atoms with Crippen molar-refractivity contribution < 1.29 is 36.2 Å². The number of hydrogen-bond donors (Lipinski definition) is 1. The van der Waals surface area contributed by atoms with Crippen LogP contribution in [0.25, 0.3) is 0 Å². The van der Waals surface area contributed by atoms with E-state index < -0.39 is 52.8 Å². The molecule has 6 rings (SSSR count). The lowest BCUT2D eigenvalue weighted by Crippen LogP contribution is -2.74. The molecule has 6 aliphatic carbocycles. The molecule has 6 aliphatic rings. The van der Waals surface area contributed by atoms with Gasteiger partial charge in [0.15, 0.2) is 0 Å². The van der Waals surface area contributed by atoms with Crippen molar-refractivity contribution in [2.75, 3.05) is 0 Å². The highest BCUT2D eigenvalue weighted by Crippen LogP contribution is 2.74. The SMILES string of the molecule is CC12CCC(C(F)(F)OC34CCC(O)(CC3)CC4)(CC1)C(F)(F)C2(F)F. The van der Waals surface area contributed by atoms with E-state index in [0.717, 1.165) is 6.92 Å². The van der Waals surface area contributed by atoms with E-state index in [1.807, 2.05) is 0 Å². The third-order valence-electron chi connectivity index (χ3n) is 8.00. The Labute approximate surface area is 148 Å². The first-order chi connectivity index (χ1) is 11.7. The monoisotopic (exact) mass is 386 g/mol. The van der Waals surface area contributed by atoms with Crippen molar-refractivity contribution in [1.82, 2.24) is 0 Å². The number of alkyl halides is 6. The average Bonchev–Trinajstić information content (AvgIpc) is 2.55. The van der Waals surface area contributed by atoms with Crippen LogP contribution in [0, 0.1) is 10.8 Å². The number of rotatable bonds is 3. The largest absolute Gasteiger partial charge is 0.390 e. The van der Waals surface area contributed by atoms with Crippen molar-refractivity contribution in [2.24, 2.45) is 10.8 Å². The molecule has 6 fully saturated rings. The van der Waals surface area contributed by atoms with Crippen molar-refractivity contribution in [3.63, 3.8) is 0 Å². The van der Waals surface area contributed by atoms with Crippen molar-refractivity contribution >= 4 is 0 Å². The maximum atomic E-state index is 15.2. The second-order valence-corrected chi connectivity index (χ2v) is 9.32. The fourth-order valence-electron chi connectivity index (χ4n) is 5.66. The summed E-state index contributed by atoms with van der Waals surface area (Å²) in [6, 6.07) is 0. The first kappa shape index (κ1) is 18.8. The zero-order valence-electron chi connectivity index (χ0n) is 14.7. The third kappa shape index (κ3) is 2.03. The summed E-state index contributed by atoms with van der Waals surface area (Å²) in [5.41, 5.74) is -7.35. The minimum absolute atomic E-state index is 0.134. The second-order valence-electron chi connectivity index (χ2n) is 9.32. The second kappa shape index (κ2) is 4.91. The lowest BCUT2D eigenvalue weighted by Gasteiger charge is -2.62. The van der Waals surface area contributed by atoms with Gasteiger partial charge in [0.05, 0.1) is 11.2 Å². The van der Waals surface area contributed by atoms with Crippen LogP contribution in [0.2, 0.25) is 0 Å². The summed E-state index contributed by atoms with van der Waals surface area (Å²) in [6.45, 7) is 1.06. The Bertz CT molecular complexity index is 584. The summed E-state index contributed by atoms with van der Waals surface area (Å²) in [6.07, 6.45) is -5.27. The van der Waals surface area contributed by atoms with Gasteiger partial charge in [0.1, 0.15) is 5.41 Å². The first-order valence-corrected chi connectivity index (χ1v) is 9.30. The minimum atomic E-state index is -4.84. The predicted octanol–water partition coefficient (Wildman–Crippen LogP) is 5.28. The molecular weight excluding hydrogens is 362 g/mol. The van der Waals surface area contributed by atoms with E-state index in [4.69, 9.17) is 4.74 Å². The molecule has 0 amide bonds. The fraction of sp³-hybridized carbons (Fsp3) is 1.00. The smallest absolute Gasteiger partial charge is 0.367 e. The normalized spacial score (nSPS) is 49.4. The van der Waals surface area contributed by atoms with E-state index in [1.165, 1.54) is 0 Å². The van der Waals surface area contributed by atoms with Crippen molar-refractivity contribution in [3.05, 3.63) is 0 Å². The van der Waals surface area contributed by atoms with Crippen molar-refractivity contribution in [1.29, 1.82) is 0 Å². The van der Waals surface area contributed by atoms with Crippen LogP contribution in [0.15, 0.2) is 0 Å². The molecule has 4 bridgehead atoms. The molecule has 6 saturated carbocycles. The molecule has 150 valence electrons. The number of fused-ring (bicyclic) bond motifs is 6. The Balaban J connectivity index is 1.67. The van der Waals surface area contributed by atoms with Gasteiger partial charge in [-0.25, -0.2) is 0 Å². The molecule has 0 radical (unpaired) electrons. The van der Waals surface area contributed by atoms with Gasteiger partial charge in [-0.05, 0) is 64.2 Å². The molecule has 0 aromatic rings. The molecule has 8 heteroatoms. The molecule has 0 spiro atoms. The number of halogens is 6. The maximum Gasteiger partial charge on any atom is 0.367 e. The van der Waals surface area contributed by atoms with E-state index in [-0.39, 0.29) is 51.4 Å². The Morgan fingerprint density at radius 2 is 1.19 bits per heavy atom. The topological polar surface area (TPSA) is 29.5 Å². The highest BCUT2D eigenvalue weighted by atomic mass is 19.3. The summed E-state index contributed by atoms with van der Waals surface area (Å²) in [4.78, 5) is 0. The highest BCUT2D eigenvalue weighted by molar-refractivity contribution is 5.19. The van der Waals surface area contributed by atoms with Gasteiger partial charge < -0.3 is 9.84 Å². The summed E-state index contributed by atoms with van der Waals surface area (Å²) < 4.78 is 93.9. The summed E-state index contributed by atoms with van der Waals surface area (Å²) >= 11 is 0. The van der Waals surface area contributed by atoms with Crippen molar-refractivity contribution in [3.8, 4) is 0 Å². The quantitative estimate of drug-likeness (QED) is 0.669. The molecule has 1 N–H and O–H groups in total. The molecule has 0 atom stereocenters. The van der Waals surface area contributed by atoms with Crippen LogP contribution in [-0.4, -0.2) is 34.3 Å². The van der Waals surface area contributed by atoms with E-state index >= 15 is 8.78 Å². The highest BCUT2D eigenvalue weighted by Gasteiger charge is 2.86. The number of ether oxygens (including phenoxy) is 1. The zero-order valence-corrected chi connectivity index (χ0v) is 14.7. The summed E-state index contributed by atoms with van der Waals surface area (Å²) in [5.74, 6) is -9.34. The molecule has 0 unspecified atom stereocenters. The van der Waals surface area contributed by atoms with Crippen LogP contribution in [0.5, 0.6) is 0 Å². The predicted molar refractivity (Wildman–Crippen MR) is 80.3 cm³/mol. The molecule has 26 heavy (non-hydrogen) atoms. The van der Waals surface area contributed by atoms with Gasteiger partial charge in [-0.3, -0.25) is 0 Å². The van der Waals surface area contributed by atoms with Crippen LogP contribution in [0.1, 0.15) is 71.1 Å². The van der Waals surface area contributed by atoms with E-state index in [9.17, 15) is 22.7 Å². The Morgan fingerprint density at radius 3 is 1.65 bits per heavy atom. The van der Waals surface area contributed by atoms with Crippen LogP contribution in [0.4, 0.5) is 26.3 Å². The Morgan fingerprint density at radius 1 is 0.731 bits per heavy atom. The van der Waals surface area contributed by atoms with Crippen molar-refractivity contribution in [2.45, 2.75) is 100 Å². The Kier molecular flexibility index (Phi) is 3.56. The third-order valence-corrected chi connectivity index (χ3v) is 8.00. The van der Waals surface area contributed by atoms with Crippen LogP contribution >= 0.6 is 0 Å². The fourth-order valence-corrected chi connectivity index (χ4v) is 5.66. The van der Waals surface area contributed by atoms with Gasteiger partial charge in [0.2, 0.25) is 0 Å². The lowest BCUT2D eigenvalue weighted by molar-refractivity contribution is -0.460. The average molecular weight is 386 g/mol. The van der Waals surface area contributed by atoms with Crippen LogP contribution < -0.4 is 0 Å². The molecule has 0 aliphatic heterocycles. The minimum Gasteiger partial charge on any atom is -0.390 e.